The number of nitro benzene ring substituents is 1. The summed E-state index contributed by atoms with van der Waals surface area (Å²) in [5, 5.41) is 10.4. The van der Waals surface area contributed by atoms with Crippen LogP contribution in [-0.4, -0.2) is 26.4 Å². The van der Waals surface area contributed by atoms with E-state index in [1.54, 1.807) is 6.92 Å². The second kappa shape index (κ2) is 6.29. The zero-order valence-electron chi connectivity index (χ0n) is 10.2. The van der Waals surface area contributed by atoms with Crippen molar-refractivity contribution in [3.05, 3.63) is 32.8 Å². The highest BCUT2D eigenvalue weighted by Crippen LogP contribution is 2.32. The molecule has 0 aliphatic rings. The predicted octanol–water partition coefficient (Wildman–Crippen LogP) is 1.18. The molecule has 0 saturated heterocycles. The SMILES string of the molecule is Cc1cc([N+](=O)[O-])c(Cl)c(S(=O)(=O)NCCCN)c1. The largest absolute Gasteiger partial charge is 0.330 e. The molecule has 0 fully saturated rings. The van der Waals surface area contributed by atoms with Gasteiger partial charge in [-0.3, -0.25) is 10.1 Å². The Morgan fingerprint density at radius 1 is 1.47 bits per heavy atom. The number of hydrogen-bond acceptors (Lipinski definition) is 5. The fraction of sp³-hybridized carbons (Fsp3) is 0.400. The van der Waals surface area contributed by atoms with Gasteiger partial charge in [0.05, 0.1) is 4.92 Å². The topological polar surface area (TPSA) is 115 Å². The summed E-state index contributed by atoms with van der Waals surface area (Å²) in [5.41, 5.74) is 5.27. The first-order valence-electron chi connectivity index (χ1n) is 5.44. The zero-order valence-corrected chi connectivity index (χ0v) is 11.8. The Hall–Kier alpha value is -1.22. The Morgan fingerprint density at radius 2 is 2.11 bits per heavy atom. The van der Waals surface area contributed by atoms with Crippen LogP contribution in [0.25, 0.3) is 0 Å². The molecule has 9 heteroatoms. The summed E-state index contributed by atoms with van der Waals surface area (Å²) in [4.78, 5) is 9.80. The lowest BCUT2D eigenvalue weighted by Crippen LogP contribution is -2.26. The number of halogens is 1. The maximum Gasteiger partial charge on any atom is 0.289 e. The molecule has 0 bridgehead atoms. The van der Waals surface area contributed by atoms with Crippen LogP contribution in [0.2, 0.25) is 5.02 Å². The van der Waals surface area contributed by atoms with Crippen molar-refractivity contribution < 1.29 is 13.3 Å². The molecule has 3 N–H and O–H groups in total. The van der Waals surface area contributed by atoms with Crippen LogP contribution in [0.4, 0.5) is 5.69 Å². The zero-order chi connectivity index (χ0) is 14.6. The van der Waals surface area contributed by atoms with Gasteiger partial charge in [-0.05, 0) is 31.5 Å². The van der Waals surface area contributed by atoms with Crippen LogP contribution in [0.3, 0.4) is 0 Å². The molecule has 7 nitrogen and oxygen atoms in total. The Morgan fingerprint density at radius 3 is 2.63 bits per heavy atom. The van der Waals surface area contributed by atoms with Gasteiger partial charge in [0.1, 0.15) is 9.92 Å². The molecule has 19 heavy (non-hydrogen) atoms. The van der Waals surface area contributed by atoms with E-state index in [1.807, 2.05) is 0 Å². The van der Waals surface area contributed by atoms with E-state index in [2.05, 4.69) is 4.72 Å². The average molecular weight is 308 g/mol. The summed E-state index contributed by atoms with van der Waals surface area (Å²) in [5.74, 6) is 0. The molecule has 0 radical (unpaired) electrons. The van der Waals surface area contributed by atoms with Crippen LogP contribution in [0.1, 0.15) is 12.0 Å². The molecule has 0 aliphatic heterocycles. The second-order valence-corrected chi connectivity index (χ2v) is 6.01. The van der Waals surface area contributed by atoms with Crippen molar-refractivity contribution in [3.63, 3.8) is 0 Å². The number of rotatable bonds is 6. The van der Waals surface area contributed by atoms with E-state index in [4.69, 9.17) is 17.3 Å². The maximum absolute atomic E-state index is 12.0. The van der Waals surface area contributed by atoms with E-state index in [0.29, 0.717) is 18.5 Å². The minimum absolute atomic E-state index is 0.150. The molecule has 0 aliphatic carbocycles. The van der Waals surface area contributed by atoms with Crippen molar-refractivity contribution in [2.45, 2.75) is 18.2 Å². The Bertz CT molecular complexity index is 589. The molecule has 0 aromatic heterocycles. The Balaban J connectivity index is 3.23. The summed E-state index contributed by atoms with van der Waals surface area (Å²) in [6, 6.07) is 2.52. The fourth-order valence-electron chi connectivity index (χ4n) is 1.43. The van der Waals surface area contributed by atoms with Crippen molar-refractivity contribution in [2.24, 2.45) is 5.73 Å². The fourth-order valence-corrected chi connectivity index (χ4v) is 3.16. The quantitative estimate of drug-likeness (QED) is 0.465. The van der Waals surface area contributed by atoms with Crippen LogP contribution in [0.15, 0.2) is 17.0 Å². The van der Waals surface area contributed by atoms with Gasteiger partial charge in [0.2, 0.25) is 10.0 Å². The summed E-state index contributed by atoms with van der Waals surface area (Å²) in [7, 11) is -3.88. The molecular weight excluding hydrogens is 294 g/mol. The molecule has 106 valence electrons. The van der Waals surface area contributed by atoms with E-state index in [-0.39, 0.29) is 11.4 Å². The number of aryl methyl sites for hydroxylation is 1. The van der Waals surface area contributed by atoms with E-state index >= 15 is 0 Å². The van der Waals surface area contributed by atoms with Crippen LogP contribution < -0.4 is 10.5 Å². The minimum atomic E-state index is -3.88. The van der Waals surface area contributed by atoms with Crippen LogP contribution in [0.5, 0.6) is 0 Å². The van der Waals surface area contributed by atoms with Gasteiger partial charge in [-0.1, -0.05) is 11.6 Å². The van der Waals surface area contributed by atoms with Crippen molar-refractivity contribution in [3.8, 4) is 0 Å². The van der Waals surface area contributed by atoms with E-state index < -0.39 is 25.7 Å². The van der Waals surface area contributed by atoms with Crippen molar-refractivity contribution >= 4 is 27.3 Å². The van der Waals surface area contributed by atoms with Crippen molar-refractivity contribution in [2.75, 3.05) is 13.1 Å². The molecular formula is C10H14ClN3O4S. The molecule has 1 aromatic carbocycles. The summed E-state index contributed by atoms with van der Waals surface area (Å²) in [6.07, 6.45) is 0.463. The van der Waals surface area contributed by atoms with Gasteiger partial charge in [0.15, 0.2) is 0 Å². The first kappa shape index (κ1) is 15.8. The molecule has 0 amide bonds. The lowest BCUT2D eigenvalue weighted by atomic mass is 10.2. The molecule has 0 saturated carbocycles. The first-order chi connectivity index (χ1) is 8.79. The van der Waals surface area contributed by atoms with Crippen LogP contribution in [-0.2, 0) is 10.0 Å². The number of nitrogens with two attached hydrogens (primary N) is 1. The van der Waals surface area contributed by atoms with Crippen LogP contribution in [0, 0.1) is 17.0 Å². The number of hydrogen-bond donors (Lipinski definition) is 2. The third-order valence-corrected chi connectivity index (χ3v) is 4.32. The Labute approximate surface area is 115 Å². The highest BCUT2D eigenvalue weighted by atomic mass is 35.5. The standard InChI is InChI=1S/C10H14ClN3O4S/c1-7-5-8(14(15)16)10(11)9(6-7)19(17,18)13-4-2-3-12/h5-6,13H,2-4,12H2,1H3. The average Bonchev–Trinajstić information content (AvgIpc) is 2.31. The van der Waals surface area contributed by atoms with Gasteiger partial charge in [-0.15, -0.1) is 0 Å². The molecule has 0 heterocycles. The summed E-state index contributed by atoms with van der Waals surface area (Å²) < 4.78 is 26.3. The monoisotopic (exact) mass is 307 g/mol. The number of nitro groups is 1. The number of benzene rings is 1. The lowest BCUT2D eigenvalue weighted by Gasteiger charge is -2.09. The molecule has 1 aromatic rings. The molecule has 1 rings (SSSR count). The van der Waals surface area contributed by atoms with Gasteiger partial charge >= 0.3 is 0 Å². The highest BCUT2D eigenvalue weighted by Gasteiger charge is 2.25. The summed E-state index contributed by atoms with van der Waals surface area (Å²) >= 11 is 5.79. The maximum atomic E-state index is 12.0. The normalized spacial score (nSPS) is 11.5. The van der Waals surface area contributed by atoms with Gasteiger partial charge < -0.3 is 5.73 Å². The Kier molecular flexibility index (Phi) is 5.24. The summed E-state index contributed by atoms with van der Waals surface area (Å²) in [6.45, 7) is 2.04. The smallest absolute Gasteiger partial charge is 0.289 e. The number of sulfonamides is 1. The third-order valence-electron chi connectivity index (χ3n) is 2.32. The van der Waals surface area contributed by atoms with Gasteiger partial charge in [-0.25, -0.2) is 13.1 Å². The van der Waals surface area contributed by atoms with E-state index in [9.17, 15) is 18.5 Å². The van der Waals surface area contributed by atoms with Crippen molar-refractivity contribution in [1.82, 2.24) is 4.72 Å². The van der Waals surface area contributed by atoms with Gasteiger partial charge in [0.25, 0.3) is 5.69 Å². The molecule has 0 atom stereocenters. The third kappa shape index (κ3) is 3.87. The first-order valence-corrected chi connectivity index (χ1v) is 7.30. The molecule has 0 spiro atoms. The van der Waals surface area contributed by atoms with Crippen LogP contribution >= 0.6 is 11.6 Å². The van der Waals surface area contributed by atoms with Crippen molar-refractivity contribution in [1.29, 1.82) is 0 Å². The van der Waals surface area contributed by atoms with E-state index in [1.165, 1.54) is 12.1 Å². The molecule has 0 unspecified atom stereocenters. The lowest BCUT2D eigenvalue weighted by molar-refractivity contribution is -0.385. The van der Waals surface area contributed by atoms with Gasteiger partial charge in [0, 0.05) is 12.6 Å². The highest BCUT2D eigenvalue weighted by molar-refractivity contribution is 7.89. The van der Waals surface area contributed by atoms with E-state index in [0.717, 1.165) is 0 Å². The minimum Gasteiger partial charge on any atom is -0.330 e. The predicted molar refractivity (Wildman–Crippen MR) is 71.7 cm³/mol. The second-order valence-electron chi connectivity index (χ2n) is 3.89. The van der Waals surface area contributed by atoms with Gasteiger partial charge in [-0.2, -0.15) is 0 Å². The number of nitrogens with one attached hydrogen (secondary N) is 1. The number of nitrogens with zero attached hydrogens (tertiary/aromatic N) is 1.